The average Bonchev–Trinajstić information content (AvgIpc) is 3.35. The third kappa shape index (κ3) is 2.95. The second kappa shape index (κ2) is 6.50. The summed E-state index contributed by atoms with van der Waals surface area (Å²) >= 11 is 1.51. The van der Waals surface area contributed by atoms with Gasteiger partial charge in [0.2, 0.25) is 0 Å². The van der Waals surface area contributed by atoms with E-state index in [1.807, 2.05) is 60.8 Å². The molecule has 0 bridgehead atoms. The molecule has 0 spiro atoms. The number of nitrogens with zero attached hydrogens (tertiary/aromatic N) is 2. The second-order valence-corrected chi connectivity index (χ2v) is 7.39. The number of aromatic amines is 1. The highest BCUT2D eigenvalue weighted by molar-refractivity contribution is 7.19. The number of H-pyrrole nitrogens is 1. The molecular formula is C21H16N4OS. The topological polar surface area (TPSA) is 73.8 Å². The molecule has 2 aromatic carbocycles. The Labute approximate surface area is 159 Å². The van der Waals surface area contributed by atoms with Gasteiger partial charge in [-0.2, -0.15) is 0 Å². The van der Waals surface area contributed by atoms with Gasteiger partial charge in [0.1, 0.15) is 12.4 Å². The number of aliphatic hydroxyl groups is 1. The highest BCUT2D eigenvalue weighted by Crippen LogP contribution is 2.36. The minimum Gasteiger partial charge on any atom is -0.383 e. The van der Waals surface area contributed by atoms with E-state index in [2.05, 4.69) is 26.3 Å². The number of anilines is 2. The lowest BCUT2D eigenvalue weighted by Gasteiger charge is -2.08. The number of hydrogen-bond donors (Lipinski definition) is 3. The fraction of sp³-hybridized carbons (Fsp3) is 0.0476. The Morgan fingerprint density at radius 2 is 1.89 bits per heavy atom. The number of aromatic nitrogens is 3. The van der Waals surface area contributed by atoms with Gasteiger partial charge in [-0.05, 0) is 35.9 Å². The predicted molar refractivity (Wildman–Crippen MR) is 110 cm³/mol. The quantitative estimate of drug-likeness (QED) is 0.415. The third-order valence-electron chi connectivity index (χ3n) is 4.53. The minimum atomic E-state index is -0.672. The van der Waals surface area contributed by atoms with Crippen LogP contribution in [0.25, 0.3) is 21.1 Å². The zero-order valence-electron chi connectivity index (χ0n) is 14.3. The van der Waals surface area contributed by atoms with Crippen LogP contribution in [0.5, 0.6) is 0 Å². The second-order valence-electron chi connectivity index (χ2n) is 6.30. The van der Waals surface area contributed by atoms with Crippen LogP contribution in [0.15, 0.2) is 73.2 Å². The summed E-state index contributed by atoms with van der Waals surface area (Å²) in [5.74, 6) is 0.742. The van der Waals surface area contributed by atoms with E-state index < -0.39 is 6.10 Å². The highest BCUT2D eigenvalue weighted by Gasteiger charge is 2.16. The molecule has 1 unspecified atom stereocenters. The van der Waals surface area contributed by atoms with Gasteiger partial charge in [0.15, 0.2) is 5.82 Å². The van der Waals surface area contributed by atoms with Crippen LogP contribution in [0, 0.1) is 0 Å². The molecule has 0 aliphatic rings. The number of benzene rings is 2. The molecule has 0 amide bonds. The predicted octanol–water partition coefficient (Wildman–Crippen LogP) is 5.00. The average molecular weight is 372 g/mol. The Hall–Kier alpha value is -3.22. The highest BCUT2D eigenvalue weighted by atomic mass is 32.1. The van der Waals surface area contributed by atoms with E-state index in [0.717, 1.165) is 43.1 Å². The lowest BCUT2D eigenvalue weighted by molar-refractivity contribution is 0.224. The smallest absolute Gasteiger partial charge is 0.151 e. The van der Waals surface area contributed by atoms with Gasteiger partial charge in [-0.3, -0.25) is 0 Å². The van der Waals surface area contributed by atoms with Gasteiger partial charge in [0.05, 0.1) is 10.2 Å². The molecule has 3 heterocycles. The number of hydrogen-bond acceptors (Lipinski definition) is 5. The maximum Gasteiger partial charge on any atom is 0.151 e. The number of nitrogens with one attached hydrogen (secondary N) is 2. The van der Waals surface area contributed by atoms with Gasteiger partial charge < -0.3 is 15.4 Å². The first-order valence-corrected chi connectivity index (χ1v) is 9.41. The molecule has 0 aliphatic heterocycles. The first-order chi connectivity index (χ1) is 13.3. The molecule has 5 nitrogen and oxygen atoms in total. The van der Waals surface area contributed by atoms with Crippen LogP contribution in [0.4, 0.5) is 11.5 Å². The summed E-state index contributed by atoms with van der Waals surface area (Å²) < 4.78 is 0.927. The Balaban J connectivity index is 1.52. The molecule has 3 N–H and O–H groups in total. The van der Waals surface area contributed by atoms with Gasteiger partial charge in [0.25, 0.3) is 0 Å². The fourth-order valence-corrected chi connectivity index (χ4v) is 4.23. The molecule has 5 rings (SSSR count). The molecule has 6 heteroatoms. The van der Waals surface area contributed by atoms with Crippen LogP contribution in [-0.4, -0.2) is 20.1 Å². The van der Waals surface area contributed by atoms with Crippen LogP contribution in [0.3, 0.4) is 0 Å². The largest absolute Gasteiger partial charge is 0.383 e. The van der Waals surface area contributed by atoms with E-state index in [-0.39, 0.29) is 0 Å². The molecule has 5 aromatic rings. The third-order valence-corrected chi connectivity index (χ3v) is 5.71. The first kappa shape index (κ1) is 16.0. The molecule has 1 atom stereocenters. The molecule has 27 heavy (non-hydrogen) atoms. The first-order valence-electron chi connectivity index (χ1n) is 8.59. The lowest BCUT2D eigenvalue weighted by atomic mass is 10.1. The van der Waals surface area contributed by atoms with Gasteiger partial charge in [-0.25, -0.2) is 9.97 Å². The molecule has 0 saturated carbocycles. The van der Waals surface area contributed by atoms with Crippen molar-refractivity contribution < 1.29 is 5.11 Å². The maximum absolute atomic E-state index is 10.7. The van der Waals surface area contributed by atoms with E-state index in [0.29, 0.717) is 0 Å². The van der Waals surface area contributed by atoms with Crippen molar-refractivity contribution in [2.24, 2.45) is 0 Å². The normalized spacial score (nSPS) is 12.5. The van der Waals surface area contributed by atoms with Crippen molar-refractivity contribution in [3.63, 3.8) is 0 Å². The van der Waals surface area contributed by atoms with E-state index in [1.165, 1.54) is 11.3 Å². The van der Waals surface area contributed by atoms with E-state index in [9.17, 15) is 5.11 Å². The summed E-state index contributed by atoms with van der Waals surface area (Å²) in [4.78, 5) is 12.8. The zero-order chi connectivity index (χ0) is 18.2. The van der Waals surface area contributed by atoms with Gasteiger partial charge >= 0.3 is 0 Å². The summed E-state index contributed by atoms with van der Waals surface area (Å²) in [6.45, 7) is 0. The fourth-order valence-electron chi connectivity index (χ4n) is 3.16. The molecule has 0 radical (unpaired) electrons. The van der Waals surface area contributed by atoms with Crippen LogP contribution in [0.2, 0.25) is 0 Å². The number of rotatable bonds is 4. The SMILES string of the molecule is OC(c1ccccc1)c1cc2ncnc(Nc3ccc4[nH]ccc4c3)c2s1. The molecular weight excluding hydrogens is 356 g/mol. The van der Waals surface area contributed by atoms with Crippen molar-refractivity contribution in [2.75, 3.05) is 5.32 Å². The molecule has 132 valence electrons. The number of aliphatic hydroxyl groups excluding tert-OH is 1. The Kier molecular flexibility index (Phi) is 3.85. The summed E-state index contributed by atoms with van der Waals surface area (Å²) in [6, 6.07) is 19.7. The van der Waals surface area contributed by atoms with Gasteiger partial charge in [-0.15, -0.1) is 11.3 Å². The number of fused-ring (bicyclic) bond motifs is 2. The number of thiophene rings is 1. The van der Waals surface area contributed by atoms with E-state index >= 15 is 0 Å². The maximum atomic E-state index is 10.7. The van der Waals surface area contributed by atoms with Crippen molar-refractivity contribution in [3.8, 4) is 0 Å². The van der Waals surface area contributed by atoms with Crippen molar-refractivity contribution >= 4 is 44.0 Å². The summed E-state index contributed by atoms with van der Waals surface area (Å²) in [6.07, 6.45) is 2.80. The summed E-state index contributed by atoms with van der Waals surface area (Å²) in [7, 11) is 0. The Morgan fingerprint density at radius 1 is 1.00 bits per heavy atom. The molecule has 0 aliphatic carbocycles. The Morgan fingerprint density at radius 3 is 2.78 bits per heavy atom. The van der Waals surface area contributed by atoms with Crippen molar-refractivity contribution in [1.82, 2.24) is 15.0 Å². The summed E-state index contributed by atoms with van der Waals surface area (Å²) in [5, 5.41) is 15.2. The summed E-state index contributed by atoms with van der Waals surface area (Å²) in [5.41, 5.74) is 3.74. The van der Waals surface area contributed by atoms with E-state index in [4.69, 9.17) is 0 Å². The molecule has 0 saturated heterocycles. The standard InChI is InChI=1S/C21H16N4OS/c26-19(13-4-2-1-3-5-13)18-11-17-20(27-18)21(24-12-23-17)25-15-6-7-16-14(10-15)8-9-22-16/h1-12,19,22,26H,(H,23,24,25). The van der Waals surface area contributed by atoms with Crippen molar-refractivity contribution in [3.05, 3.63) is 83.6 Å². The molecule has 0 fully saturated rings. The van der Waals surface area contributed by atoms with Gasteiger partial charge in [0, 0.05) is 27.7 Å². The molecule has 3 aromatic heterocycles. The van der Waals surface area contributed by atoms with Crippen LogP contribution >= 0.6 is 11.3 Å². The lowest BCUT2D eigenvalue weighted by Crippen LogP contribution is -1.95. The zero-order valence-corrected chi connectivity index (χ0v) is 15.1. The van der Waals surface area contributed by atoms with Gasteiger partial charge in [-0.1, -0.05) is 30.3 Å². The van der Waals surface area contributed by atoms with Crippen LogP contribution in [-0.2, 0) is 0 Å². The van der Waals surface area contributed by atoms with Crippen LogP contribution < -0.4 is 5.32 Å². The van der Waals surface area contributed by atoms with E-state index in [1.54, 1.807) is 6.33 Å². The van der Waals surface area contributed by atoms with Crippen molar-refractivity contribution in [1.29, 1.82) is 0 Å². The van der Waals surface area contributed by atoms with Crippen molar-refractivity contribution in [2.45, 2.75) is 6.10 Å². The minimum absolute atomic E-state index is 0.672. The monoisotopic (exact) mass is 372 g/mol. The van der Waals surface area contributed by atoms with Crippen LogP contribution in [0.1, 0.15) is 16.5 Å². The Bertz CT molecular complexity index is 1230.